The molecular weight excluding hydrogens is 388 g/mol. The summed E-state index contributed by atoms with van der Waals surface area (Å²) in [6.07, 6.45) is 2.08. The number of hydrogen-bond acceptors (Lipinski definition) is 5. The average molecular weight is 409 g/mol. The lowest BCUT2D eigenvalue weighted by molar-refractivity contribution is -0.0406. The van der Waals surface area contributed by atoms with Gasteiger partial charge in [0.1, 0.15) is 4.21 Å². The van der Waals surface area contributed by atoms with E-state index in [2.05, 4.69) is 27.8 Å². The smallest absolute Gasteiger partial charge is 0.252 e. The van der Waals surface area contributed by atoms with Gasteiger partial charge in [-0.15, -0.1) is 11.3 Å². The third-order valence-electron chi connectivity index (χ3n) is 4.36. The Bertz CT molecular complexity index is 611. The van der Waals surface area contributed by atoms with Crippen molar-refractivity contribution in [3.63, 3.8) is 0 Å². The minimum Gasteiger partial charge on any atom is -0.376 e. The van der Waals surface area contributed by atoms with Crippen LogP contribution in [0.5, 0.6) is 0 Å². The molecule has 1 atom stereocenters. The Morgan fingerprint density at radius 2 is 2.00 bits per heavy atom. The molecule has 0 N–H and O–H groups in total. The Balaban J connectivity index is 1.62. The van der Waals surface area contributed by atoms with Crippen LogP contribution in [-0.2, 0) is 14.8 Å². The normalized spacial score (nSPS) is 26.4. The quantitative estimate of drug-likeness (QED) is 0.770. The zero-order valence-corrected chi connectivity index (χ0v) is 15.8. The van der Waals surface area contributed by atoms with Crippen LogP contribution in [0.15, 0.2) is 20.1 Å². The summed E-state index contributed by atoms with van der Waals surface area (Å²) in [6.45, 7) is 6.00. The molecule has 3 heterocycles. The van der Waals surface area contributed by atoms with Crippen LogP contribution in [-0.4, -0.2) is 62.6 Å². The lowest BCUT2D eigenvalue weighted by atomic mass is 10.0. The fourth-order valence-corrected chi connectivity index (χ4v) is 6.82. The van der Waals surface area contributed by atoms with Gasteiger partial charge in [-0.3, -0.25) is 4.90 Å². The summed E-state index contributed by atoms with van der Waals surface area (Å²) in [5.74, 6) is 0. The minimum absolute atomic E-state index is 0.277. The molecule has 3 rings (SSSR count). The third-order valence-corrected chi connectivity index (χ3v) is 8.34. The van der Waals surface area contributed by atoms with Crippen LogP contribution in [0.3, 0.4) is 0 Å². The van der Waals surface area contributed by atoms with Gasteiger partial charge in [-0.05, 0) is 47.8 Å². The number of piperidine rings is 1. The van der Waals surface area contributed by atoms with Crippen LogP contribution >= 0.6 is 27.3 Å². The van der Waals surface area contributed by atoms with Crippen LogP contribution < -0.4 is 0 Å². The van der Waals surface area contributed by atoms with E-state index < -0.39 is 10.0 Å². The van der Waals surface area contributed by atoms with Gasteiger partial charge in [-0.1, -0.05) is 0 Å². The van der Waals surface area contributed by atoms with Crippen LogP contribution in [0.25, 0.3) is 0 Å². The molecule has 0 aliphatic carbocycles. The first-order valence-corrected chi connectivity index (χ1v) is 10.6. The van der Waals surface area contributed by atoms with Crippen LogP contribution in [0.1, 0.15) is 19.8 Å². The van der Waals surface area contributed by atoms with Crippen molar-refractivity contribution in [1.29, 1.82) is 0 Å². The lowest BCUT2D eigenvalue weighted by Gasteiger charge is -2.41. The zero-order chi connectivity index (χ0) is 15.7. The van der Waals surface area contributed by atoms with E-state index in [-0.39, 0.29) is 6.10 Å². The Morgan fingerprint density at radius 1 is 1.27 bits per heavy atom. The summed E-state index contributed by atoms with van der Waals surface area (Å²) in [5.41, 5.74) is 0. The highest BCUT2D eigenvalue weighted by Gasteiger charge is 2.33. The van der Waals surface area contributed by atoms with Gasteiger partial charge in [0.2, 0.25) is 0 Å². The molecule has 5 nitrogen and oxygen atoms in total. The monoisotopic (exact) mass is 408 g/mol. The van der Waals surface area contributed by atoms with Gasteiger partial charge in [0.15, 0.2) is 0 Å². The van der Waals surface area contributed by atoms with Crippen molar-refractivity contribution in [3.8, 4) is 0 Å². The number of morpholine rings is 1. The average Bonchev–Trinajstić information content (AvgIpc) is 2.95. The second-order valence-electron chi connectivity index (χ2n) is 5.87. The molecule has 1 aromatic heterocycles. The van der Waals surface area contributed by atoms with E-state index in [9.17, 15) is 8.42 Å². The van der Waals surface area contributed by atoms with Crippen LogP contribution in [0.4, 0.5) is 0 Å². The maximum atomic E-state index is 12.6. The fraction of sp³-hybridized carbons (Fsp3) is 0.714. The summed E-state index contributed by atoms with van der Waals surface area (Å²) in [4.78, 5) is 2.46. The van der Waals surface area contributed by atoms with Gasteiger partial charge >= 0.3 is 0 Å². The molecule has 8 heteroatoms. The van der Waals surface area contributed by atoms with Gasteiger partial charge in [0.25, 0.3) is 10.0 Å². The zero-order valence-electron chi connectivity index (χ0n) is 12.6. The molecule has 2 aliphatic heterocycles. The number of thiophene rings is 1. The SMILES string of the molecule is CC1CN(C2CCN(S(=O)(=O)c3ccc(Br)s3)CC2)CCO1. The molecule has 0 bridgehead atoms. The van der Waals surface area contributed by atoms with E-state index in [0.717, 1.165) is 36.3 Å². The van der Waals surface area contributed by atoms with Crippen molar-refractivity contribution in [2.24, 2.45) is 0 Å². The van der Waals surface area contributed by atoms with E-state index in [0.29, 0.717) is 23.3 Å². The van der Waals surface area contributed by atoms with E-state index in [1.165, 1.54) is 11.3 Å². The topological polar surface area (TPSA) is 49.9 Å². The van der Waals surface area contributed by atoms with Crippen molar-refractivity contribution in [2.45, 2.75) is 36.1 Å². The second kappa shape index (κ2) is 6.86. The van der Waals surface area contributed by atoms with E-state index in [1.54, 1.807) is 16.4 Å². The number of ether oxygens (including phenoxy) is 1. The summed E-state index contributed by atoms with van der Waals surface area (Å²) in [5, 5.41) is 0. The highest BCUT2D eigenvalue weighted by molar-refractivity contribution is 9.11. The van der Waals surface area contributed by atoms with Crippen molar-refractivity contribution in [3.05, 3.63) is 15.9 Å². The minimum atomic E-state index is -3.33. The molecular formula is C14H21BrN2O3S2. The molecule has 0 saturated carbocycles. The Kier molecular flexibility index (Phi) is 5.26. The number of halogens is 1. The molecule has 2 aliphatic rings. The Morgan fingerprint density at radius 3 is 2.59 bits per heavy atom. The molecule has 0 radical (unpaired) electrons. The van der Waals surface area contributed by atoms with Crippen molar-refractivity contribution in [1.82, 2.24) is 9.21 Å². The fourth-order valence-electron chi connectivity index (χ4n) is 3.19. The van der Waals surface area contributed by atoms with Gasteiger partial charge in [-0.25, -0.2) is 8.42 Å². The molecule has 0 amide bonds. The highest BCUT2D eigenvalue weighted by Crippen LogP contribution is 2.30. The second-order valence-corrected chi connectivity index (χ2v) is 10.5. The van der Waals surface area contributed by atoms with Gasteiger partial charge in [0.05, 0.1) is 16.5 Å². The van der Waals surface area contributed by atoms with Crippen molar-refractivity contribution >= 4 is 37.3 Å². The maximum Gasteiger partial charge on any atom is 0.252 e. The van der Waals surface area contributed by atoms with Gasteiger partial charge in [0, 0.05) is 32.2 Å². The number of sulfonamides is 1. The molecule has 0 aromatic carbocycles. The van der Waals surface area contributed by atoms with Gasteiger partial charge < -0.3 is 4.74 Å². The van der Waals surface area contributed by atoms with E-state index >= 15 is 0 Å². The molecule has 1 aromatic rings. The molecule has 0 spiro atoms. The third kappa shape index (κ3) is 3.57. The molecule has 2 saturated heterocycles. The predicted octanol–water partition coefficient (Wildman–Crippen LogP) is 2.38. The summed E-state index contributed by atoms with van der Waals surface area (Å²) in [7, 11) is -3.33. The largest absolute Gasteiger partial charge is 0.376 e. The first-order chi connectivity index (χ1) is 10.5. The van der Waals surface area contributed by atoms with E-state index in [1.807, 2.05) is 0 Å². The Hall–Kier alpha value is 0.01000. The Labute approximate surface area is 144 Å². The molecule has 22 heavy (non-hydrogen) atoms. The molecule has 1 unspecified atom stereocenters. The van der Waals surface area contributed by atoms with Gasteiger partial charge in [-0.2, -0.15) is 4.31 Å². The summed E-state index contributed by atoms with van der Waals surface area (Å²) >= 11 is 4.61. The van der Waals surface area contributed by atoms with Crippen LogP contribution in [0, 0.1) is 0 Å². The first-order valence-electron chi connectivity index (χ1n) is 7.58. The highest BCUT2D eigenvalue weighted by atomic mass is 79.9. The van der Waals surface area contributed by atoms with Crippen LogP contribution in [0.2, 0.25) is 0 Å². The first kappa shape index (κ1) is 16.9. The summed E-state index contributed by atoms with van der Waals surface area (Å²) < 4.78 is 33.7. The maximum absolute atomic E-state index is 12.6. The van der Waals surface area contributed by atoms with Crippen molar-refractivity contribution in [2.75, 3.05) is 32.8 Å². The van der Waals surface area contributed by atoms with E-state index in [4.69, 9.17) is 4.74 Å². The number of rotatable bonds is 3. The number of nitrogens with zero attached hydrogens (tertiary/aromatic N) is 2. The lowest BCUT2D eigenvalue weighted by Crippen LogP contribution is -2.51. The molecule has 2 fully saturated rings. The predicted molar refractivity (Wildman–Crippen MR) is 90.8 cm³/mol. The standard InChI is InChI=1S/C14H21BrN2O3S2/c1-11-10-16(8-9-20-11)12-4-6-17(7-5-12)22(18,19)14-3-2-13(15)21-14/h2-3,11-12H,4-10H2,1H3. The van der Waals surface area contributed by atoms with Crippen molar-refractivity contribution < 1.29 is 13.2 Å². The molecule has 124 valence electrons. The number of hydrogen-bond donors (Lipinski definition) is 0. The summed E-state index contributed by atoms with van der Waals surface area (Å²) in [6, 6.07) is 3.95.